The summed E-state index contributed by atoms with van der Waals surface area (Å²) in [6.07, 6.45) is -13.8. The van der Waals surface area contributed by atoms with Gasteiger partial charge in [0.2, 0.25) is 0 Å². The van der Waals surface area contributed by atoms with Gasteiger partial charge in [-0.1, -0.05) is 0 Å². The number of hydrogen-bond donors (Lipinski definition) is 8. The maximum Gasteiger partial charge on any atom is 0.192 e. The number of ketones is 1. The van der Waals surface area contributed by atoms with E-state index in [1.165, 1.54) is 0 Å². The number of aliphatic hydroxyl groups excluding tert-OH is 8. The van der Waals surface area contributed by atoms with Crippen LogP contribution in [0.2, 0.25) is 0 Å². The third-order valence-electron chi connectivity index (χ3n) is 3.61. The average Bonchev–Trinajstić information content (AvgIpc) is 2.53. The predicted molar refractivity (Wildman–Crippen MR) is 68.5 cm³/mol. The van der Waals surface area contributed by atoms with Crippen molar-refractivity contribution in [2.24, 2.45) is 0 Å². The van der Waals surface area contributed by atoms with Crippen LogP contribution >= 0.6 is 0 Å². The van der Waals surface area contributed by atoms with Crippen molar-refractivity contribution in [3.63, 3.8) is 0 Å². The molecule has 0 amide bonds. The van der Waals surface area contributed by atoms with Crippen molar-refractivity contribution in [2.45, 2.75) is 55.3 Å². The Bertz CT molecular complexity index is 364. The Hall–Kier alpha value is -0.690. The molecule has 8 N–H and O–H groups in total. The van der Waals surface area contributed by atoms with Crippen molar-refractivity contribution in [1.29, 1.82) is 0 Å². The highest BCUT2D eigenvalue weighted by molar-refractivity contribution is 5.88. The van der Waals surface area contributed by atoms with Gasteiger partial charge in [-0.3, -0.25) is 4.79 Å². The van der Waals surface area contributed by atoms with Crippen molar-refractivity contribution in [3.8, 4) is 0 Å². The van der Waals surface area contributed by atoms with Crippen LogP contribution in [0.25, 0.3) is 0 Å². The molecule has 0 aromatic rings. The normalized spacial score (nSPS) is 34.7. The first-order chi connectivity index (χ1) is 10.2. The summed E-state index contributed by atoms with van der Waals surface area (Å²) in [4.78, 5) is 12.0. The highest BCUT2D eigenvalue weighted by atomic mass is 16.5. The van der Waals surface area contributed by atoms with Gasteiger partial charge in [-0.05, 0) is 0 Å². The first-order valence-corrected chi connectivity index (χ1v) is 6.73. The summed E-state index contributed by atoms with van der Waals surface area (Å²) in [6.45, 7) is -1.57. The summed E-state index contributed by atoms with van der Waals surface area (Å²) in [5, 5.41) is 74.7. The van der Waals surface area contributed by atoms with Gasteiger partial charge in [-0.2, -0.15) is 0 Å². The molecule has 0 bridgehead atoms. The standard InChI is InChI=1S/C12H22O10/c13-2-5(16)9(18)11(20)12(21)10(19)6-1-4(15)8(17)7(3-14)22-6/h4-9,11-18,20-21H,1-3H2/t4-,5-,6?,7-,8+,9-,11+,12+/m1/s1. The van der Waals surface area contributed by atoms with Crippen molar-refractivity contribution in [2.75, 3.05) is 13.2 Å². The summed E-state index contributed by atoms with van der Waals surface area (Å²) in [7, 11) is 0. The Morgan fingerprint density at radius 2 is 1.68 bits per heavy atom. The number of hydrogen-bond acceptors (Lipinski definition) is 10. The molecular formula is C12H22O10. The molecule has 0 spiro atoms. The highest BCUT2D eigenvalue weighted by Gasteiger charge is 2.43. The Morgan fingerprint density at radius 1 is 1.09 bits per heavy atom. The molecule has 1 unspecified atom stereocenters. The monoisotopic (exact) mass is 326 g/mol. The molecule has 10 nitrogen and oxygen atoms in total. The van der Waals surface area contributed by atoms with Crippen LogP contribution in [-0.2, 0) is 9.53 Å². The fraction of sp³-hybridized carbons (Fsp3) is 0.917. The van der Waals surface area contributed by atoms with Crippen LogP contribution in [-0.4, -0.2) is 109 Å². The average molecular weight is 326 g/mol. The van der Waals surface area contributed by atoms with Crippen LogP contribution in [0.1, 0.15) is 6.42 Å². The van der Waals surface area contributed by atoms with Gasteiger partial charge in [0.25, 0.3) is 0 Å². The minimum Gasteiger partial charge on any atom is -0.394 e. The summed E-state index contributed by atoms with van der Waals surface area (Å²) in [5.74, 6) is -1.10. The van der Waals surface area contributed by atoms with Crippen molar-refractivity contribution in [3.05, 3.63) is 0 Å². The van der Waals surface area contributed by atoms with Gasteiger partial charge in [-0.25, -0.2) is 0 Å². The van der Waals surface area contributed by atoms with E-state index in [1.807, 2.05) is 0 Å². The zero-order chi connectivity index (χ0) is 17.0. The van der Waals surface area contributed by atoms with Crippen LogP contribution in [0, 0.1) is 0 Å². The summed E-state index contributed by atoms with van der Waals surface area (Å²) in [5.41, 5.74) is 0. The molecule has 1 saturated heterocycles. The number of ether oxygens (including phenoxy) is 1. The number of carbonyl (C=O) groups is 1. The second-order valence-corrected chi connectivity index (χ2v) is 5.22. The SMILES string of the molecule is O=C(C1C[C@@H](O)[C@H](O)[C@@H](CO)O1)[C@H](O)[C@@H](O)[C@H](O)[C@H](O)CO. The summed E-state index contributed by atoms with van der Waals surface area (Å²) in [6, 6.07) is 0. The minimum atomic E-state index is -2.15. The maximum absolute atomic E-state index is 12.0. The Balaban J connectivity index is 2.73. The fourth-order valence-electron chi connectivity index (χ4n) is 2.17. The van der Waals surface area contributed by atoms with E-state index in [0.29, 0.717) is 0 Å². The third-order valence-corrected chi connectivity index (χ3v) is 3.61. The molecule has 1 rings (SSSR count). The van der Waals surface area contributed by atoms with Crippen LogP contribution in [0.5, 0.6) is 0 Å². The molecule has 0 aromatic carbocycles. The van der Waals surface area contributed by atoms with Crippen LogP contribution in [0.4, 0.5) is 0 Å². The van der Waals surface area contributed by atoms with Gasteiger partial charge in [-0.15, -0.1) is 0 Å². The second kappa shape index (κ2) is 8.24. The molecule has 1 aliphatic rings. The lowest BCUT2D eigenvalue weighted by Gasteiger charge is -2.37. The zero-order valence-corrected chi connectivity index (χ0v) is 11.6. The molecule has 1 heterocycles. The molecule has 8 atom stereocenters. The molecular weight excluding hydrogens is 304 g/mol. The number of Topliss-reactive ketones (excluding diaryl/α,β-unsaturated/α-hetero) is 1. The number of carbonyl (C=O) groups excluding carboxylic acids is 1. The number of aliphatic hydroxyl groups is 8. The molecule has 0 aliphatic carbocycles. The summed E-state index contributed by atoms with van der Waals surface area (Å²) < 4.78 is 5.04. The van der Waals surface area contributed by atoms with E-state index >= 15 is 0 Å². The second-order valence-electron chi connectivity index (χ2n) is 5.22. The van der Waals surface area contributed by atoms with Gasteiger partial charge < -0.3 is 45.6 Å². The predicted octanol–water partition coefficient (Wildman–Crippen LogP) is -5.14. The van der Waals surface area contributed by atoms with Crippen molar-refractivity contribution in [1.82, 2.24) is 0 Å². The van der Waals surface area contributed by atoms with Crippen LogP contribution in [0.3, 0.4) is 0 Å². The molecule has 130 valence electrons. The maximum atomic E-state index is 12.0. The van der Waals surface area contributed by atoms with E-state index in [4.69, 9.17) is 14.9 Å². The summed E-state index contributed by atoms with van der Waals surface area (Å²) >= 11 is 0. The van der Waals surface area contributed by atoms with E-state index in [1.54, 1.807) is 0 Å². The third kappa shape index (κ3) is 4.19. The van der Waals surface area contributed by atoms with Gasteiger partial charge >= 0.3 is 0 Å². The Labute approximate surface area is 125 Å². The first kappa shape index (κ1) is 19.4. The van der Waals surface area contributed by atoms with E-state index in [-0.39, 0.29) is 6.42 Å². The van der Waals surface area contributed by atoms with E-state index < -0.39 is 67.8 Å². The molecule has 1 aliphatic heterocycles. The fourth-order valence-corrected chi connectivity index (χ4v) is 2.17. The molecule has 10 heteroatoms. The topological polar surface area (TPSA) is 188 Å². The first-order valence-electron chi connectivity index (χ1n) is 6.73. The van der Waals surface area contributed by atoms with Gasteiger partial charge in [0.15, 0.2) is 5.78 Å². The van der Waals surface area contributed by atoms with Crippen molar-refractivity contribution < 1.29 is 50.4 Å². The smallest absolute Gasteiger partial charge is 0.192 e. The molecule has 1 fully saturated rings. The van der Waals surface area contributed by atoms with E-state index in [0.717, 1.165) is 0 Å². The lowest BCUT2D eigenvalue weighted by Crippen LogP contribution is -2.56. The lowest BCUT2D eigenvalue weighted by atomic mass is 9.91. The number of rotatable bonds is 7. The van der Waals surface area contributed by atoms with Crippen LogP contribution < -0.4 is 0 Å². The molecule has 0 saturated carbocycles. The van der Waals surface area contributed by atoms with Gasteiger partial charge in [0.1, 0.15) is 42.7 Å². The zero-order valence-electron chi connectivity index (χ0n) is 11.6. The lowest BCUT2D eigenvalue weighted by molar-refractivity contribution is -0.194. The van der Waals surface area contributed by atoms with E-state index in [9.17, 15) is 35.4 Å². The molecule has 22 heavy (non-hydrogen) atoms. The minimum absolute atomic E-state index is 0.376. The quantitative estimate of drug-likeness (QED) is 0.225. The molecule has 0 radical (unpaired) electrons. The Kier molecular flexibility index (Phi) is 7.25. The van der Waals surface area contributed by atoms with Gasteiger partial charge in [0, 0.05) is 6.42 Å². The van der Waals surface area contributed by atoms with Gasteiger partial charge in [0.05, 0.1) is 19.3 Å². The molecule has 0 aromatic heterocycles. The largest absolute Gasteiger partial charge is 0.394 e. The Morgan fingerprint density at radius 3 is 2.18 bits per heavy atom. The van der Waals surface area contributed by atoms with E-state index in [2.05, 4.69) is 0 Å². The van der Waals surface area contributed by atoms with Crippen LogP contribution in [0.15, 0.2) is 0 Å². The van der Waals surface area contributed by atoms with Crippen molar-refractivity contribution >= 4 is 5.78 Å². The highest BCUT2D eigenvalue weighted by Crippen LogP contribution is 2.22.